The molecule has 0 spiro atoms. The minimum atomic E-state index is 0.274. The zero-order valence-corrected chi connectivity index (χ0v) is 9.37. The molecule has 0 fully saturated rings. The van der Waals surface area contributed by atoms with Crippen molar-refractivity contribution in [3.63, 3.8) is 0 Å². The number of aliphatic imine (C=N–C) groups is 1. The molecular weight excluding hydrogens is 178 g/mol. The largest absolute Gasteiger partial charge is 0.383 e. The number of nitrogens with zero attached hydrogens (tertiary/aromatic N) is 2. The maximum atomic E-state index is 5.04. The summed E-state index contributed by atoms with van der Waals surface area (Å²) in [5, 5.41) is 3.17. The van der Waals surface area contributed by atoms with Crippen molar-refractivity contribution >= 4 is 6.34 Å². The zero-order chi connectivity index (χ0) is 10.6. The van der Waals surface area contributed by atoms with Crippen LogP contribution in [-0.4, -0.2) is 44.6 Å². The Labute approximate surface area is 85.6 Å². The summed E-state index contributed by atoms with van der Waals surface area (Å²) in [6.07, 6.45) is 1.76. The van der Waals surface area contributed by atoms with E-state index in [1.807, 2.05) is 0 Å². The van der Waals surface area contributed by atoms with Crippen LogP contribution in [0.25, 0.3) is 0 Å². The van der Waals surface area contributed by atoms with E-state index in [9.17, 15) is 0 Å². The standard InChI is InChI=1S/C10H19N3O/c1-8-9(2)11-7-12-10(8)13(3)5-6-14-4/h7,9H,5-6H2,1-4H3,(H,11,12). The van der Waals surface area contributed by atoms with Crippen molar-refractivity contribution in [1.29, 1.82) is 0 Å². The van der Waals surface area contributed by atoms with Crippen LogP contribution in [0.1, 0.15) is 13.8 Å². The third-order valence-corrected chi connectivity index (χ3v) is 2.51. The number of ether oxygens (including phenoxy) is 1. The normalized spacial score (nSPS) is 21.0. The average Bonchev–Trinajstić information content (AvgIpc) is 2.18. The Kier molecular flexibility index (Phi) is 3.95. The van der Waals surface area contributed by atoms with Crippen molar-refractivity contribution in [2.75, 3.05) is 27.3 Å². The van der Waals surface area contributed by atoms with Crippen molar-refractivity contribution in [3.8, 4) is 0 Å². The number of rotatable bonds is 4. The second-order valence-electron chi connectivity index (χ2n) is 3.54. The Morgan fingerprint density at radius 2 is 2.36 bits per heavy atom. The number of methoxy groups -OCH3 is 1. The molecular formula is C10H19N3O. The molecule has 1 rings (SSSR count). The van der Waals surface area contributed by atoms with Crippen LogP contribution in [0.2, 0.25) is 0 Å². The van der Waals surface area contributed by atoms with E-state index in [1.54, 1.807) is 13.4 Å². The molecule has 4 nitrogen and oxygen atoms in total. The maximum Gasteiger partial charge on any atom is 0.107 e. The second-order valence-corrected chi connectivity index (χ2v) is 3.54. The average molecular weight is 197 g/mol. The van der Waals surface area contributed by atoms with Crippen molar-refractivity contribution in [1.82, 2.24) is 10.2 Å². The summed E-state index contributed by atoms with van der Waals surface area (Å²) in [5.74, 6) is 1.14. The Morgan fingerprint density at radius 1 is 1.64 bits per heavy atom. The van der Waals surface area contributed by atoms with E-state index in [0.717, 1.165) is 19.0 Å². The Balaban J connectivity index is 2.61. The van der Waals surface area contributed by atoms with Gasteiger partial charge in [0.2, 0.25) is 0 Å². The van der Waals surface area contributed by atoms with E-state index in [2.05, 4.69) is 36.1 Å². The highest BCUT2D eigenvalue weighted by Gasteiger charge is 2.15. The molecule has 1 heterocycles. The van der Waals surface area contributed by atoms with Gasteiger partial charge in [0.1, 0.15) is 5.82 Å². The Morgan fingerprint density at radius 3 is 3.00 bits per heavy atom. The molecule has 1 aliphatic rings. The molecule has 0 aromatic rings. The molecule has 4 heteroatoms. The molecule has 80 valence electrons. The van der Waals surface area contributed by atoms with Crippen molar-refractivity contribution < 1.29 is 4.74 Å². The van der Waals surface area contributed by atoms with Crippen LogP contribution >= 0.6 is 0 Å². The maximum absolute atomic E-state index is 5.04. The van der Waals surface area contributed by atoms with Gasteiger partial charge in [-0.05, 0) is 19.4 Å². The summed E-state index contributed by atoms with van der Waals surface area (Å²) in [6, 6.07) is 0.274. The first-order chi connectivity index (χ1) is 6.66. The van der Waals surface area contributed by atoms with Crippen molar-refractivity contribution in [3.05, 3.63) is 11.4 Å². The lowest BCUT2D eigenvalue weighted by Crippen LogP contribution is -2.35. The van der Waals surface area contributed by atoms with Gasteiger partial charge in [-0.2, -0.15) is 0 Å². The fourth-order valence-electron chi connectivity index (χ4n) is 1.38. The quantitative estimate of drug-likeness (QED) is 0.725. The number of nitrogens with one attached hydrogen (secondary N) is 1. The van der Waals surface area contributed by atoms with Gasteiger partial charge in [-0.3, -0.25) is 4.99 Å². The Bertz CT molecular complexity index is 248. The first kappa shape index (κ1) is 11.0. The molecule has 0 saturated carbocycles. The Hall–Kier alpha value is -1.03. The lowest BCUT2D eigenvalue weighted by molar-refractivity contribution is 0.171. The van der Waals surface area contributed by atoms with Gasteiger partial charge in [-0.1, -0.05) is 0 Å². The van der Waals surface area contributed by atoms with Gasteiger partial charge >= 0.3 is 0 Å². The third-order valence-electron chi connectivity index (χ3n) is 2.51. The van der Waals surface area contributed by atoms with Gasteiger partial charge in [-0.25, -0.2) is 0 Å². The lowest BCUT2D eigenvalue weighted by atomic mass is 10.1. The molecule has 0 bridgehead atoms. The first-order valence-electron chi connectivity index (χ1n) is 4.86. The summed E-state index contributed by atoms with van der Waals surface area (Å²) < 4.78 is 5.04. The third kappa shape index (κ3) is 2.48. The van der Waals surface area contributed by atoms with Gasteiger partial charge in [-0.15, -0.1) is 0 Å². The van der Waals surface area contributed by atoms with Gasteiger partial charge in [0, 0.05) is 20.7 Å². The fourth-order valence-corrected chi connectivity index (χ4v) is 1.38. The lowest BCUT2D eigenvalue weighted by Gasteiger charge is -2.28. The SMILES string of the molecule is COCCN(C)C1=C(C)C(C)N=CN1. The van der Waals surface area contributed by atoms with Crippen LogP contribution < -0.4 is 5.32 Å². The van der Waals surface area contributed by atoms with Crippen LogP contribution in [0.5, 0.6) is 0 Å². The molecule has 0 aliphatic carbocycles. The predicted octanol–water partition coefficient (Wildman–Crippen LogP) is 0.816. The van der Waals surface area contributed by atoms with Gasteiger partial charge in [0.05, 0.1) is 19.0 Å². The highest BCUT2D eigenvalue weighted by atomic mass is 16.5. The van der Waals surface area contributed by atoms with Gasteiger partial charge in [0.25, 0.3) is 0 Å². The summed E-state index contributed by atoms with van der Waals surface area (Å²) in [4.78, 5) is 6.43. The molecule has 0 radical (unpaired) electrons. The predicted molar refractivity (Wildman–Crippen MR) is 58.3 cm³/mol. The van der Waals surface area contributed by atoms with Gasteiger partial charge in [0.15, 0.2) is 0 Å². The van der Waals surface area contributed by atoms with Crippen LogP contribution in [0.4, 0.5) is 0 Å². The van der Waals surface area contributed by atoms with Crippen LogP contribution in [-0.2, 0) is 4.74 Å². The van der Waals surface area contributed by atoms with Crippen molar-refractivity contribution in [2.45, 2.75) is 19.9 Å². The minimum Gasteiger partial charge on any atom is -0.383 e. The molecule has 1 N–H and O–H groups in total. The topological polar surface area (TPSA) is 36.9 Å². The molecule has 1 aliphatic heterocycles. The van der Waals surface area contributed by atoms with E-state index in [-0.39, 0.29) is 6.04 Å². The highest BCUT2D eigenvalue weighted by molar-refractivity contribution is 5.60. The molecule has 0 amide bonds. The summed E-state index contributed by atoms with van der Waals surface area (Å²) in [6.45, 7) is 5.82. The highest BCUT2D eigenvalue weighted by Crippen LogP contribution is 2.14. The molecule has 14 heavy (non-hydrogen) atoms. The van der Waals surface area contributed by atoms with Crippen molar-refractivity contribution in [2.24, 2.45) is 4.99 Å². The summed E-state index contributed by atoms with van der Waals surface area (Å²) in [5.41, 5.74) is 1.27. The number of hydrogen-bond donors (Lipinski definition) is 1. The monoisotopic (exact) mass is 197 g/mol. The minimum absolute atomic E-state index is 0.274. The zero-order valence-electron chi connectivity index (χ0n) is 9.37. The van der Waals surface area contributed by atoms with Crippen LogP contribution in [0, 0.1) is 0 Å². The van der Waals surface area contributed by atoms with E-state index in [4.69, 9.17) is 4.74 Å². The smallest absolute Gasteiger partial charge is 0.107 e. The second kappa shape index (κ2) is 5.00. The summed E-state index contributed by atoms with van der Waals surface area (Å²) in [7, 11) is 3.77. The van der Waals surface area contributed by atoms with Crippen LogP contribution in [0.3, 0.4) is 0 Å². The fraction of sp³-hybridized carbons (Fsp3) is 0.700. The molecule has 0 aromatic heterocycles. The van der Waals surface area contributed by atoms with Crippen LogP contribution in [0.15, 0.2) is 16.4 Å². The first-order valence-corrected chi connectivity index (χ1v) is 4.86. The summed E-state index contributed by atoms with van der Waals surface area (Å²) >= 11 is 0. The number of likely N-dealkylation sites (N-methyl/N-ethyl adjacent to an activating group) is 1. The molecule has 0 saturated heterocycles. The van der Waals surface area contributed by atoms with E-state index >= 15 is 0 Å². The number of hydrogen-bond acceptors (Lipinski definition) is 4. The van der Waals surface area contributed by atoms with E-state index in [1.165, 1.54) is 5.57 Å². The van der Waals surface area contributed by atoms with E-state index in [0.29, 0.717) is 0 Å². The molecule has 1 atom stereocenters. The van der Waals surface area contributed by atoms with E-state index < -0.39 is 0 Å². The molecule has 1 unspecified atom stereocenters. The molecule has 0 aromatic carbocycles. The van der Waals surface area contributed by atoms with Gasteiger partial charge < -0.3 is 15.0 Å².